The SMILES string of the molecule is CCCN1CCC(CNC(=NCC2(Sc3ccccc3)CC2)NCC)C1. The number of nitrogens with one attached hydrogen (secondary N) is 2. The van der Waals surface area contributed by atoms with Gasteiger partial charge in [0.2, 0.25) is 0 Å². The predicted octanol–water partition coefficient (Wildman–Crippen LogP) is 3.60. The molecule has 1 aromatic carbocycles. The largest absolute Gasteiger partial charge is 0.357 e. The van der Waals surface area contributed by atoms with Crippen molar-refractivity contribution in [3.63, 3.8) is 0 Å². The van der Waals surface area contributed by atoms with Gasteiger partial charge in [-0.15, -0.1) is 11.8 Å². The number of nitrogens with zero attached hydrogens (tertiary/aromatic N) is 2. The van der Waals surface area contributed by atoms with Crippen molar-refractivity contribution in [2.45, 2.75) is 49.2 Å². The highest BCUT2D eigenvalue weighted by molar-refractivity contribution is 8.01. The molecular weight excluding hydrogens is 340 g/mol. The van der Waals surface area contributed by atoms with Crippen LogP contribution >= 0.6 is 11.8 Å². The first kappa shape index (κ1) is 19.6. The van der Waals surface area contributed by atoms with E-state index in [9.17, 15) is 0 Å². The molecule has 1 heterocycles. The van der Waals surface area contributed by atoms with Crippen LogP contribution in [0.5, 0.6) is 0 Å². The van der Waals surface area contributed by atoms with Gasteiger partial charge >= 0.3 is 0 Å². The summed E-state index contributed by atoms with van der Waals surface area (Å²) < 4.78 is 0.314. The third kappa shape index (κ3) is 5.92. The monoisotopic (exact) mass is 374 g/mol. The van der Waals surface area contributed by atoms with Gasteiger partial charge in [0, 0.05) is 29.3 Å². The molecule has 0 amide bonds. The molecule has 0 aromatic heterocycles. The molecule has 1 aliphatic carbocycles. The first-order valence-corrected chi connectivity index (χ1v) is 11.0. The highest BCUT2D eigenvalue weighted by atomic mass is 32.2. The number of benzene rings is 1. The fourth-order valence-corrected chi connectivity index (χ4v) is 4.80. The number of guanidine groups is 1. The maximum absolute atomic E-state index is 4.92. The molecule has 1 saturated heterocycles. The second-order valence-corrected chi connectivity index (χ2v) is 9.17. The third-order valence-electron chi connectivity index (χ3n) is 5.22. The Kier molecular flexibility index (Phi) is 7.26. The lowest BCUT2D eigenvalue weighted by Crippen LogP contribution is -2.40. The van der Waals surface area contributed by atoms with Crippen LogP contribution in [0.3, 0.4) is 0 Å². The molecule has 144 valence electrons. The van der Waals surface area contributed by atoms with Gasteiger partial charge in [-0.25, -0.2) is 0 Å². The number of rotatable bonds is 9. The number of hydrogen-bond donors (Lipinski definition) is 2. The summed E-state index contributed by atoms with van der Waals surface area (Å²) in [4.78, 5) is 8.87. The molecule has 4 nitrogen and oxygen atoms in total. The quantitative estimate of drug-likeness (QED) is 0.512. The summed E-state index contributed by atoms with van der Waals surface area (Å²) in [6, 6.07) is 10.7. The Balaban J connectivity index is 1.48. The van der Waals surface area contributed by atoms with E-state index in [4.69, 9.17) is 4.99 Å². The summed E-state index contributed by atoms with van der Waals surface area (Å²) in [6.07, 6.45) is 5.10. The summed E-state index contributed by atoms with van der Waals surface area (Å²) in [7, 11) is 0. The molecule has 2 aliphatic rings. The van der Waals surface area contributed by atoms with Crippen molar-refractivity contribution in [1.82, 2.24) is 15.5 Å². The van der Waals surface area contributed by atoms with E-state index in [0.29, 0.717) is 4.75 Å². The molecule has 0 radical (unpaired) electrons. The molecule has 0 bridgehead atoms. The van der Waals surface area contributed by atoms with Crippen LogP contribution in [-0.2, 0) is 0 Å². The van der Waals surface area contributed by atoms with Crippen LogP contribution in [0, 0.1) is 5.92 Å². The van der Waals surface area contributed by atoms with Crippen molar-refractivity contribution < 1.29 is 0 Å². The van der Waals surface area contributed by atoms with Crippen LogP contribution in [0.25, 0.3) is 0 Å². The van der Waals surface area contributed by atoms with Gasteiger partial charge in [0.05, 0.1) is 6.54 Å². The topological polar surface area (TPSA) is 39.7 Å². The zero-order valence-electron chi connectivity index (χ0n) is 16.3. The molecule has 26 heavy (non-hydrogen) atoms. The van der Waals surface area contributed by atoms with E-state index < -0.39 is 0 Å². The van der Waals surface area contributed by atoms with Gasteiger partial charge in [0.25, 0.3) is 0 Å². The van der Waals surface area contributed by atoms with Gasteiger partial charge in [0.15, 0.2) is 5.96 Å². The summed E-state index contributed by atoms with van der Waals surface area (Å²) in [5.74, 6) is 1.74. The van der Waals surface area contributed by atoms with Crippen molar-refractivity contribution in [3.05, 3.63) is 30.3 Å². The van der Waals surface area contributed by atoms with Gasteiger partial charge in [0.1, 0.15) is 0 Å². The summed E-state index contributed by atoms with van der Waals surface area (Å²) >= 11 is 2.00. The smallest absolute Gasteiger partial charge is 0.191 e. The second-order valence-electron chi connectivity index (χ2n) is 7.63. The number of likely N-dealkylation sites (tertiary alicyclic amines) is 1. The number of hydrogen-bond acceptors (Lipinski definition) is 3. The predicted molar refractivity (Wildman–Crippen MR) is 113 cm³/mol. The van der Waals surface area contributed by atoms with Gasteiger partial charge in [-0.1, -0.05) is 25.1 Å². The molecule has 1 unspecified atom stereocenters. The summed E-state index contributed by atoms with van der Waals surface area (Å²) in [5.41, 5.74) is 0. The molecule has 5 heteroatoms. The van der Waals surface area contributed by atoms with Crippen LogP contribution < -0.4 is 10.6 Å². The Morgan fingerprint density at radius 2 is 2.04 bits per heavy atom. The highest BCUT2D eigenvalue weighted by Crippen LogP contribution is 2.51. The highest BCUT2D eigenvalue weighted by Gasteiger charge is 2.43. The average Bonchev–Trinajstić information content (AvgIpc) is 3.27. The van der Waals surface area contributed by atoms with Crippen molar-refractivity contribution in [2.24, 2.45) is 10.9 Å². The Morgan fingerprint density at radius 3 is 2.73 bits per heavy atom. The molecule has 1 atom stereocenters. The Hall–Kier alpha value is -1.20. The van der Waals surface area contributed by atoms with Gasteiger partial charge < -0.3 is 15.5 Å². The van der Waals surface area contributed by atoms with Crippen LogP contribution in [-0.4, -0.2) is 54.9 Å². The van der Waals surface area contributed by atoms with E-state index in [1.165, 1.54) is 50.2 Å². The molecule has 1 saturated carbocycles. The third-order valence-corrected chi connectivity index (χ3v) is 6.70. The first-order chi connectivity index (χ1) is 12.7. The van der Waals surface area contributed by atoms with Crippen molar-refractivity contribution in [3.8, 4) is 0 Å². The van der Waals surface area contributed by atoms with E-state index in [-0.39, 0.29) is 0 Å². The van der Waals surface area contributed by atoms with Crippen molar-refractivity contribution in [2.75, 3.05) is 39.3 Å². The van der Waals surface area contributed by atoms with Gasteiger partial charge in [-0.05, 0) is 63.7 Å². The van der Waals surface area contributed by atoms with Crippen LogP contribution in [0.2, 0.25) is 0 Å². The zero-order chi connectivity index (χ0) is 18.2. The van der Waals surface area contributed by atoms with E-state index in [1.54, 1.807) is 0 Å². The second kappa shape index (κ2) is 9.65. The van der Waals surface area contributed by atoms with Crippen molar-refractivity contribution in [1.29, 1.82) is 0 Å². The molecular formula is C21H34N4S. The molecule has 2 N–H and O–H groups in total. The Morgan fingerprint density at radius 1 is 1.23 bits per heavy atom. The maximum atomic E-state index is 4.92. The first-order valence-electron chi connectivity index (χ1n) is 10.2. The normalized spacial score (nSPS) is 22.4. The fourth-order valence-electron chi connectivity index (χ4n) is 3.58. The zero-order valence-corrected chi connectivity index (χ0v) is 17.2. The molecule has 2 fully saturated rings. The van der Waals surface area contributed by atoms with Gasteiger partial charge in [-0.3, -0.25) is 4.99 Å². The maximum Gasteiger partial charge on any atom is 0.191 e. The van der Waals surface area contributed by atoms with E-state index in [1.807, 2.05) is 11.8 Å². The van der Waals surface area contributed by atoms with E-state index >= 15 is 0 Å². The number of thioether (sulfide) groups is 1. The fraction of sp³-hybridized carbons (Fsp3) is 0.667. The molecule has 1 aromatic rings. The molecule has 3 rings (SSSR count). The van der Waals surface area contributed by atoms with Gasteiger partial charge in [-0.2, -0.15) is 0 Å². The standard InChI is InChI=1S/C21H34N4S/c1-3-13-25-14-10-18(16-25)15-23-20(22-4-2)24-17-21(11-12-21)26-19-8-6-5-7-9-19/h5-9,18H,3-4,10-17H2,1-2H3,(H2,22,23,24). The Labute approximate surface area is 163 Å². The summed E-state index contributed by atoms with van der Waals surface area (Å²) in [5, 5.41) is 7.02. The molecule has 1 aliphatic heterocycles. The van der Waals surface area contributed by atoms with Crippen LogP contribution in [0.4, 0.5) is 0 Å². The van der Waals surface area contributed by atoms with Crippen LogP contribution in [0.1, 0.15) is 39.5 Å². The lowest BCUT2D eigenvalue weighted by molar-refractivity contribution is 0.324. The lowest BCUT2D eigenvalue weighted by Gasteiger charge is -2.18. The Bertz CT molecular complexity index is 571. The minimum absolute atomic E-state index is 0.314. The van der Waals surface area contributed by atoms with Crippen LogP contribution in [0.15, 0.2) is 40.2 Å². The summed E-state index contributed by atoms with van der Waals surface area (Å²) in [6.45, 7) is 11.0. The average molecular weight is 375 g/mol. The number of aliphatic imine (C=N–C) groups is 1. The minimum atomic E-state index is 0.314. The van der Waals surface area contributed by atoms with E-state index in [2.05, 4.69) is 59.7 Å². The lowest BCUT2D eigenvalue weighted by atomic mass is 10.1. The van der Waals surface area contributed by atoms with E-state index in [0.717, 1.165) is 31.5 Å². The minimum Gasteiger partial charge on any atom is -0.357 e. The molecule has 0 spiro atoms. The van der Waals surface area contributed by atoms with Crippen molar-refractivity contribution >= 4 is 17.7 Å².